The molecule has 1 aliphatic rings. The smallest absolute Gasteiger partial charge is 0.212 e. The van der Waals surface area contributed by atoms with Crippen LogP contribution in [0.2, 0.25) is 0 Å². The van der Waals surface area contributed by atoms with E-state index in [1.165, 1.54) is 27.9 Å². The van der Waals surface area contributed by atoms with E-state index >= 15 is 0 Å². The molecule has 0 N–H and O–H groups in total. The Labute approximate surface area is 124 Å². The molecule has 2 aromatic heterocycles. The second-order valence-electron chi connectivity index (χ2n) is 5.90. The molecule has 0 amide bonds. The summed E-state index contributed by atoms with van der Waals surface area (Å²) in [6.45, 7) is 4.32. The fourth-order valence-corrected chi connectivity index (χ4v) is 3.16. The largest absolute Gasteiger partial charge is 0.303 e. The van der Waals surface area contributed by atoms with E-state index < -0.39 is 0 Å². The maximum absolute atomic E-state index is 4.77. The predicted octanol–water partition coefficient (Wildman–Crippen LogP) is 3.25. The lowest BCUT2D eigenvalue weighted by Crippen LogP contribution is -2.30. The predicted molar refractivity (Wildman–Crippen MR) is 84.7 cm³/mol. The molecule has 0 fully saturated rings. The summed E-state index contributed by atoms with van der Waals surface area (Å²) in [6, 6.07) is 10.8. The van der Waals surface area contributed by atoms with E-state index in [0.717, 1.165) is 17.8 Å². The molecule has 104 valence electrons. The van der Waals surface area contributed by atoms with Gasteiger partial charge in [0.05, 0.1) is 16.6 Å². The Morgan fingerprint density at radius 1 is 1.19 bits per heavy atom. The van der Waals surface area contributed by atoms with Crippen molar-refractivity contribution in [2.24, 2.45) is 7.05 Å². The van der Waals surface area contributed by atoms with Gasteiger partial charge in [-0.2, -0.15) is 0 Å². The van der Waals surface area contributed by atoms with Crippen LogP contribution in [-0.2, 0) is 13.5 Å². The Hall–Kier alpha value is -2.42. The molecule has 4 rings (SSSR count). The highest BCUT2D eigenvalue weighted by atomic mass is 15.1. The highest BCUT2D eigenvalue weighted by Crippen LogP contribution is 2.30. The number of hydrogen-bond donors (Lipinski definition) is 0. The number of allylic oxidation sites excluding steroid dienone is 1. The molecule has 1 aliphatic heterocycles. The van der Waals surface area contributed by atoms with E-state index in [0.29, 0.717) is 0 Å². The average molecular weight is 276 g/mol. The number of hydrogen-bond acceptors (Lipinski definition) is 1. The van der Waals surface area contributed by atoms with Crippen molar-refractivity contribution in [1.82, 2.24) is 9.55 Å². The third kappa shape index (κ3) is 1.81. The Kier molecular flexibility index (Phi) is 2.52. The first-order valence-corrected chi connectivity index (χ1v) is 7.27. The van der Waals surface area contributed by atoms with Crippen LogP contribution >= 0.6 is 0 Å². The summed E-state index contributed by atoms with van der Waals surface area (Å²) in [7, 11) is 2.09. The zero-order valence-corrected chi connectivity index (χ0v) is 12.6. The van der Waals surface area contributed by atoms with Gasteiger partial charge in [0.15, 0.2) is 6.20 Å². The molecule has 0 aliphatic carbocycles. The molecular formula is C18H18N3+. The van der Waals surface area contributed by atoms with E-state index in [9.17, 15) is 0 Å². The van der Waals surface area contributed by atoms with Crippen molar-refractivity contribution < 1.29 is 4.57 Å². The molecule has 0 unspecified atom stereocenters. The van der Waals surface area contributed by atoms with Crippen LogP contribution in [0.25, 0.3) is 28.5 Å². The minimum Gasteiger partial charge on any atom is -0.303 e. The molecule has 0 bridgehead atoms. The minimum absolute atomic E-state index is 0.960. The van der Waals surface area contributed by atoms with Gasteiger partial charge in [0, 0.05) is 24.8 Å². The van der Waals surface area contributed by atoms with E-state index in [-0.39, 0.29) is 0 Å². The van der Waals surface area contributed by atoms with E-state index in [1.807, 2.05) is 0 Å². The minimum atomic E-state index is 0.960. The Bertz CT molecular complexity index is 900. The van der Waals surface area contributed by atoms with Gasteiger partial charge in [-0.3, -0.25) is 0 Å². The molecule has 0 spiro atoms. The molecule has 0 radical (unpaired) electrons. The number of benzene rings is 1. The standard InChI is InChI=1S/C18H18N3/c1-12-8-18-19-15-9-13(2)14(10-17(15)21(18)11-12)16-6-4-5-7-20(16)3/h4-7,9-11H,8H2,1-3H3/q+1. The van der Waals surface area contributed by atoms with Crippen LogP contribution in [0.15, 0.2) is 42.1 Å². The van der Waals surface area contributed by atoms with Gasteiger partial charge in [-0.1, -0.05) is 0 Å². The Balaban J connectivity index is 2.01. The maximum Gasteiger partial charge on any atom is 0.212 e. The van der Waals surface area contributed by atoms with Crippen LogP contribution in [0.3, 0.4) is 0 Å². The van der Waals surface area contributed by atoms with Crippen molar-refractivity contribution in [3.63, 3.8) is 0 Å². The molecule has 3 aromatic rings. The van der Waals surface area contributed by atoms with Crippen molar-refractivity contribution in [3.05, 3.63) is 53.5 Å². The monoisotopic (exact) mass is 276 g/mol. The number of aryl methyl sites for hydroxylation is 2. The molecule has 3 heterocycles. The van der Waals surface area contributed by atoms with Gasteiger partial charge in [-0.25, -0.2) is 9.55 Å². The van der Waals surface area contributed by atoms with Crippen molar-refractivity contribution in [3.8, 4) is 11.3 Å². The number of rotatable bonds is 1. The second kappa shape index (κ2) is 4.29. The summed E-state index contributed by atoms with van der Waals surface area (Å²) in [5.74, 6) is 1.15. The number of aromatic nitrogens is 3. The lowest BCUT2D eigenvalue weighted by atomic mass is 10.0. The fraction of sp³-hybridized carbons (Fsp3) is 0.222. The van der Waals surface area contributed by atoms with Gasteiger partial charge in [0.1, 0.15) is 12.9 Å². The van der Waals surface area contributed by atoms with Gasteiger partial charge in [0.2, 0.25) is 5.69 Å². The first kappa shape index (κ1) is 12.3. The topological polar surface area (TPSA) is 21.7 Å². The lowest BCUT2D eigenvalue weighted by molar-refractivity contribution is -0.660. The molecule has 3 heteroatoms. The van der Waals surface area contributed by atoms with Crippen LogP contribution in [0.5, 0.6) is 0 Å². The number of nitrogens with zero attached hydrogens (tertiary/aromatic N) is 3. The van der Waals surface area contributed by atoms with Gasteiger partial charge >= 0.3 is 0 Å². The van der Waals surface area contributed by atoms with Gasteiger partial charge in [-0.05, 0) is 43.2 Å². The molecule has 21 heavy (non-hydrogen) atoms. The fourth-order valence-electron chi connectivity index (χ4n) is 3.16. The summed E-state index contributed by atoms with van der Waals surface area (Å²) >= 11 is 0. The molecule has 1 aromatic carbocycles. The lowest BCUT2D eigenvalue weighted by Gasteiger charge is -2.05. The van der Waals surface area contributed by atoms with Gasteiger partial charge < -0.3 is 4.57 Å². The van der Waals surface area contributed by atoms with E-state index in [2.05, 4.69) is 72.8 Å². The second-order valence-corrected chi connectivity index (χ2v) is 5.90. The zero-order chi connectivity index (χ0) is 14.6. The van der Waals surface area contributed by atoms with Crippen molar-refractivity contribution >= 4 is 17.2 Å². The van der Waals surface area contributed by atoms with Crippen LogP contribution in [0.1, 0.15) is 18.3 Å². The first-order valence-electron chi connectivity index (χ1n) is 7.27. The molecule has 3 nitrogen and oxygen atoms in total. The number of pyridine rings is 1. The highest BCUT2D eigenvalue weighted by Gasteiger charge is 2.19. The van der Waals surface area contributed by atoms with Gasteiger partial charge in [0.25, 0.3) is 0 Å². The van der Waals surface area contributed by atoms with Crippen molar-refractivity contribution in [2.75, 3.05) is 0 Å². The van der Waals surface area contributed by atoms with Gasteiger partial charge in [-0.15, -0.1) is 0 Å². The van der Waals surface area contributed by atoms with Crippen LogP contribution in [-0.4, -0.2) is 9.55 Å². The van der Waals surface area contributed by atoms with Crippen molar-refractivity contribution in [1.29, 1.82) is 0 Å². The van der Waals surface area contributed by atoms with Crippen molar-refractivity contribution in [2.45, 2.75) is 20.3 Å². The summed E-state index contributed by atoms with van der Waals surface area (Å²) in [5.41, 5.74) is 7.42. The zero-order valence-electron chi connectivity index (χ0n) is 12.6. The molecule has 0 saturated carbocycles. The molecular weight excluding hydrogens is 258 g/mol. The van der Waals surface area contributed by atoms with Crippen LogP contribution in [0, 0.1) is 6.92 Å². The quantitative estimate of drug-likeness (QED) is 0.625. The summed E-state index contributed by atoms with van der Waals surface area (Å²) in [5, 5.41) is 0. The third-order valence-corrected chi connectivity index (χ3v) is 4.23. The number of imidazole rings is 1. The van der Waals surface area contributed by atoms with Crippen LogP contribution < -0.4 is 4.57 Å². The average Bonchev–Trinajstić information content (AvgIpc) is 2.94. The summed E-state index contributed by atoms with van der Waals surface area (Å²) < 4.78 is 4.40. The van der Waals surface area contributed by atoms with E-state index in [1.54, 1.807) is 0 Å². The molecule has 0 atom stereocenters. The normalized spacial score (nSPS) is 13.6. The Morgan fingerprint density at radius 2 is 2.05 bits per heavy atom. The summed E-state index contributed by atoms with van der Waals surface area (Å²) in [6.07, 6.45) is 5.25. The third-order valence-electron chi connectivity index (χ3n) is 4.23. The van der Waals surface area contributed by atoms with E-state index in [4.69, 9.17) is 4.98 Å². The SMILES string of the molecule is CC1=Cn2c(nc3cc(C)c(-c4cccc[n+]4C)cc32)C1. The highest BCUT2D eigenvalue weighted by molar-refractivity contribution is 5.85. The van der Waals surface area contributed by atoms with Crippen LogP contribution in [0.4, 0.5) is 0 Å². The maximum atomic E-state index is 4.77. The summed E-state index contributed by atoms with van der Waals surface area (Å²) in [4.78, 5) is 4.77. The number of fused-ring (bicyclic) bond motifs is 3. The Morgan fingerprint density at radius 3 is 2.86 bits per heavy atom. The molecule has 0 saturated heterocycles. The first-order chi connectivity index (χ1) is 10.1.